The Labute approximate surface area is 145 Å². The largest absolute Gasteiger partial charge is 0.466 e. The van der Waals surface area contributed by atoms with Crippen LogP contribution in [-0.2, 0) is 5.60 Å². The van der Waals surface area contributed by atoms with Gasteiger partial charge in [0.1, 0.15) is 11.4 Å². The molecular formula is C18H20N4O3. The Morgan fingerprint density at radius 2 is 2.04 bits per heavy atom. The molecule has 0 aliphatic carbocycles. The average molecular weight is 340 g/mol. The van der Waals surface area contributed by atoms with Gasteiger partial charge in [0, 0.05) is 11.8 Å². The summed E-state index contributed by atoms with van der Waals surface area (Å²) in [4.78, 5) is 12.1. The number of nitrogens with zero attached hydrogens (tertiary/aromatic N) is 2. The van der Waals surface area contributed by atoms with Crippen LogP contribution in [0.15, 0.2) is 59.3 Å². The second kappa shape index (κ2) is 6.82. The normalized spacial score (nSPS) is 13.2. The number of hydrogen-bond acceptors (Lipinski definition) is 4. The van der Waals surface area contributed by atoms with Gasteiger partial charge < -0.3 is 14.8 Å². The van der Waals surface area contributed by atoms with E-state index in [0.717, 1.165) is 11.3 Å². The van der Waals surface area contributed by atoms with Gasteiger partial charge in [0.25, 0.3) is 0 Å². The maximum atomic E-state index is 12.1. The highest BCUT2D eigenvalue weighted by atomic mass is 16.4. The molecule has 7 nitrogen and oxygen atoms in total. The molecule has 0 radical (unpaired) electrons. The molecule has 0 aliphatic heterocycles. The molecule has 0 aliphatic rings. The molecule has 0 spiro atoms. The minimum Gasteiger partial charge on any atom is -0.466 e. The molecule has 3 aromatic rings. The highest BCUT2D eigenvalue weighted by Gasteiger charge is 2.27. The van der Waals surface area contributed by atoms with Crippen molar-refractivity contribution in [3.63, 3.8) is 0 Å². The molecule has 0 bridgehead atoms. The molecule has 2 aromatic heterocycles. The number of para-hydroxylation sites is 1. The van der Waals surface area contributed by atoms with Crippen molar-refractivity contribution in [1.29, 1.82) is 0 Å². The molecule has 2 amide bonds. The fourth-order valence-electron chi connectivity index (χ4n) is 2.37. The zero-order valence-electron chi connectivity index (χ0n) is 14.1. The molecule has 3 N–H and O–H groups in total. The number of carbonyl (C=O) groups is 1. The third-order valence-electron chi connectivity index (χ3n) is 3.80. The molecule has 1 atom stereocenters. The maximum absolute atomic E-state index is 12.1. The number of furan rings is 1. The van der Waals surface area contributed by atoms with Crippen molar-refractivity contribution < 1.29 is 14.3 Å². The van der Waals surface area contributed by atoms with E-state index in [-0.39, 0.29) is 6.54 Å². The molecule has 0 unspecified atom stereocenters. The van der Waals surface area contributed by atoms with Crippen molar-refractivity contribution in [3.8, 4) is 5.69 Å². The summed E-state index contributed by atoms with van der Waals surface area (Å²) in [6, 6.07) is 12.5. The Bertz CT molecular complexity index is 839. The third-order valence-corrected chi connectivity index (χ3v) is 3.80. The molecule has 0 fully saturated rings. The number of aryl methyl sites for hydroxylation is 1. The summed E-state index contributed by atoms with van der Waals surface area (Å²) in [7, 11) is 0. The lowest BCUT2D eigenvalue weighted by Crippen LogP contribution is -2.40. The summed E-state index contributed by atoms with van der Waals surface area (Å²) in [5.74, 6) is 0.844. The second-order valence-electron chi connectivity index (χ2n) is 6.00. The summed E-state index contributed by atoms with van der Waals surface area (Å²) in [5.41, 5.74) is 0.441. The number of hydrogen-bond donors (Lipinski definition) is 3. The lowest BCUT2D eigenvalue weighted by molar-refractivity contribution is 0.0372. The third kappa shape index (κ3) is 3.89. The van der Waals surface area contributed by atoms with Crippen LogP contribution in [0.1, 0.15) is 18.2 Å². The van der Waals surface area contributed by atoms with Crippen LogP contribution in [0.2, 0.25) is 0 Å². The Hall–Kier alpha value is -3.06. The number of benzene rings is 1. The molecule has 0 saturated carbocycles. The number of aromatic nitrogens is 2. The quantitative estimate of drug-likeness (QED) is 0.666. The number of carbonyl (C=O) groups excluding carboxylic acids is 1. The number of urea groups is 1. The van der Waals surface area contributed by atoms with Crippen LogP contribution in [0.4, 0.5) is 10.6 Å². The molecule has 1 aromatic carbocycles. The van der Waals surface area contributed by atoms with Gasteiger partial charge in [0.2, 0.25) is 0 Å². The standard InChI is InChI=1S/C18H20N4O3/c1-13-11-22(14-7-4-3-5-8-14)21-16(13)20-17(23)19-12-18(2,24)15-9-6-10-25-15/h3-11,24H,12H2,1-2H3,(H2,19,20,21,23)/t18-/m0/s1. The van der Waals surface area contributed by atoms with Gasteiger partial charge >= 0.3 is 6.03 Å². The highest BCUT2D eigenvalue weighted by molar-refractivity contribution is 5.88. The Morgan fingerprint density at radius 1 is 1.28 bits per heavy atom. The number of aliphatic hydroxyl groups is 1. The lowest BCUT2D eigenvalue weighted by atomic mass is 10.0. The van der Waals surface area contributed by atoms with E-state index in [1.54, 1.807) is 23.7 Å². The minimum atomic E-state index is -1.29. The summed E-state index contributed by atoms with van der Waals surface area (Å²) >= 11 is 0. The van der Waals surface area contributed by atoms with Crippen LogP contribution in [-0.4, -0.2) is 27.5 Å². The topological polar surface area (TPSA) is 92.3 Å². The minimum absolute atomic E-state index is 0.00475. The molecule has 130 valence electrons. The van der Waals surface area contributed by atoms with Gasteiger partial charge in [-0.1, -0.05) is 18.2 Å². The van der Waals surface area contributed by atoms with Crippen molar-refractivity contribution >= 4 is 11.8 Å². The molecule has 3 rings (SSSR count). The number of amides is 2. The first-order valence-corrected chi connectivity index (χ1v) is 7.88. The predicted molar refractivity (Wildman–Crippen MR) is 93.6 cm³/mol. The Kier molecular flexibility index (Phi) is 4.58. The van der Waals surface area contributed by atoms with Gasteiger partial charge in [-0.2, -0.15) is 0 Å². The van der Waals surface area contributed by atoms with E-state index in [1.165, 1.54) is 6.26 Å². The van der Waals surface area contributed by atoms with E-state index < -0.39 is 11.6 Å². The van der Waals surface area contributed by atoms with Crippen LogP contribution < -0.4 is 10.6 Å². The average Bonchev–Trinajstić information content (AvgIpc) is 3.25. The van der Waals surface area contributed by atoms with Gasteiger partial charge in [-0.25, -0.2) is 9.48 Å². The number of anilines is 1. The van der Waals surface area contributed by atoms with E-state index in [1.807, 2.05) is 43.5 Å². The van der Waals surface area contributed by atoms with E-state index in [4.69, 9.17) is 4.42 Å². The van der Waals surface area contributed by atoms with Crippen molar-refractivity contribution in [2.75, 3.05) is 11.9 Å². The number of nitrogens with one attached hydrogen (secondary N) is 2. The first kappa shape index (κ1) is 16.8. The molecule has 7 heteroatoms. The van der Waals surface area contributed by atoms with E-state index in [0.29, 0.717) is 11.6 Å². The lowest BCUT2D eigenvalue weighted by Gasteiger charge is -2.21. The summed E-state index contributed by atoms with van der Waals surface area (Å²) in [6.45, 7) is 3.44. The van der Waals surface area contributed by atoms with Crippen molar-refractivity contribution in [1.82, 2.24) is 15.1 Å². The zero-order valence-corrected chi connectivity index (χ0v) is 14.1. The Morgan fingerprint density at radius 3 is 2.72 bits per heavy atom. The van der Waals surface area contributed by atoms with E-state index in [2.05, 4.69) is 15.7 Å². The van der Waals surface area contributed by atoms with Crippen molar-refractivity contribution in [2.24, 2.45) is 0 Å². The van der Waals surface area contributed by atoms with Gasteiger partial charge in [-0.3, -0.25) is 5.32 Å². The van der Waals surface area contributed by atoms with Crippen LogP contribution >= 0.6 is 0 Å². The first-order valence-electron chi connectivity index (χ1n) is 7.88. The monoisotopic (exact) mass is 340 g/mol. The van der Waals surface area contributed by atoms with Crippen LogP contribution in [0.25, 0.3) is 5.69 Å². The zero-order chi connectivity index (χ0) is 17.9. The van der Waals surface area contributed by atoms with Gasteiger partial charge in [0.15, 0.2) is 5.82 Å². The smallest absolute Gasteiger partial charge is 0.320 e. The SMILES string of the molecule is Cc1cn(-c2ccccc2)nc1NC(=O)NC[C@](C)(O)c1ccco1. The molecule has 25 heavy (non-hydrogen) atoms. The maximum Gasteiger partial charge on any atom is 0.320 e. The predicted octanol–water partition coefficient (Wildman–Crippen LogP) is 2.80. The van der Waals surface area contributed by atoms with Crippen LogP contribution in [0.3, 0.4) is 0 Å². The molecule has 0 saturated heterocycles. The first-order chi connectivity index (χ1) is 12.0. The summed E-state index contributed by atoms with van der Waals surface area (Å²) in [6.07, 6.45) is 3.31. The fraction of sp³-hybridized carbons (Fsp3) is 0.222. The highest BCUT2D eigenvalue weighted by Crippen LogP contribution is 2.20. The second-order valence-corrected chi connectivity index (χ2v) is 6.00. The van der Waals surface area contributed by atoms with Crippen molar-refractivity contribution in [2.45, 2.75) is 19.4 Å². The van der Waals surface area contributed by atoms with Crippen LogP contribution in [0, 0.1) is 6.92 Å². The Balaban J connectivity index is 1.63. The van der Waals surface area contributed by atoms with E-state index >= 15 is 0 Å². The van der Waals surface area contributed by atoms with Gasteiger partial charge in [0.05, 0.1) is 18.5 Å². The van der Waals surface area contributed by atoms with Crippen LogP contribution in [0.5, 0.6) is 0 Å². The molecule has 2 heterocycles. The summed E-state index contributed by atoms with van der Waals surface area (Å²) < 4.78 is 6.88. The van der Waals surface area contributed by atoms with Crippen molar-refractivity contribution in [3.05, 3.63) is 66.2 Å². The van der Waals surface area contributed by atoms with E-state index in [9.17, 15) is 9.90 Å². The molecular weight excluding hydrogens is 320 g/mol. The van der Waals surface area contributed by atoms with Gasteiger partial charge in [-0.15, -0.1) is 5.10 Å². The number of rotatable bonds is 5. The summed E-state index contributed by atoms with van der Waals surface area (Å²) in [5, 5.41) is 20.0. The fourth-order valence-corrected chi connectivity index (χ4v) is 2.37. The van der Waals surface area contributed by atoms with Gasteiger partial charge in [-0.05, 0) is 38.1 Å².